The van der Waals surface area contributed by atoms with E-state index in [-0.39, 0.29) is 39.7 Å². The van der Waals surface area contributed by atoms with Crippen molar-refractivity contribution in [1.29, 1.82) is 0 Å². The van der Waals surface area contributed by atoms with E-state index in [1.807, 2.05) is 0 Å². The van der Waals surface area contributed by atoms with Gasteiger partial charge >= 0.3 is 0 Å². The molecule has 1 fully saturated rings. The third kappa shape index (κ3) is 4.26. The van der Waals surface area contributed by atoms with Crippen molar-refractivity contribution in [2.75, 3.05) is 17.6 Å². The van der Waals surface area contributed by atoms with Gasteiger partial charge in [0.25, 0.3) is 5.91 Å². The quantitative estimate of drug-likeness (QED) is 0.391. The Morgan fingerprint density at radius 3 is 2.33 bits per heavy atom. The van der Waals surface area contributed by atoms with Gasteiger partial charge in [0.15, 0.2) is 0 Å². The third-order valence-electron chi connectivity index (χ3n) is 6.16. The van der Waals surface area contributed by atoms with Crippen LogP contribution in [-0.2, 0) is 10.0 Å². The summed E-state index contributed by atoms with van der Waals surface area (Å²) in [5.74, 6) is -1.39. The number of nitrogens with zero attached hydrogens (tertiary/aromatic N) is 1. The number of carbonyl (C=O) groups is 1. The topological polar surface area (TPSA) is 79.6 Å². The van der Waals surface area contributed by atoms with Crippen molar-refractivity contribution in [1.82, 2.24) is 5.32 Å². The van der Waals surface area contributed by atoms with E-state index in [1.54, 1.807) is 6.07 Å². The summed E-state index contributed by atoms with van der Waals surface area (Å²) in [6.45, 7) is 0. The standard InChI is InChI=1S/C26H21BF2N2O4S/c1-30-26(32)24-19-12-18(14-3-4-14)22(13-23(19)35-25(24)15-5-8-17(28)9-6-15)31(36(2,33)34)21-10-7-16(27)11-20(21)29/h5-14H,3-4H2,1-2H3,(H,30,32). The largest absolute Gasteiger partial charge is 0.455 e. The maximum Gasteiger partial charge on any atom is 0.255 e. The molecule has 10 heteroatoms. The molecule has 6 nitrogen and oxygen atoms in total. The zero-order valence-electron chi connectivity index (χ0n) is 19.5. The molecule has 36 heavy (non-hydrogen) atoms. The molecule has 1 aliphatic carbocycles. The number of nitrogens with one attached hydrogen (secondary N) is 1. The molecule has 1 aliphatic rings. The lowest BCUT2D eigenvalue weighted by molar-refractivity contribution is 0.0964. The van der Waals surface area contributed by atoms with Gasteiger partial charge < -0.3 is 9.73 Å². The number of hydrogen-bond donors (Lipinski definition) is 1. The van der Waals surface area contributed by atoms with E-state index in [1.165, 1.54) is 49.5 Å². The summed E-state index contributed by atoms with van der Waals surface area (Å²) in [7, 11) is 3.17. The maximum atomic E-state index is 15.0. The lowest BCUT2D eigenvalue weighted by Crippen LogP contribution is -2.27. The fourth-order valence-corrected chi connectivity index (χ4v) is 5.40. The Hall–Kier alpha value is -3.66. The molecule has 0 spiro atoms. The number of anilines is 2. The first-order valence-electron chi connectivity index (χ1n) is 11.2. The average Bonchev–Trinajstić information content (AvgIpc) is 3.60. The first-order chi connectivity index (χ1) is 17.1. The zero-order valence-corrected chi connectivity index (χ0v) is 20.3. The molecule has 182 valence electrons. The summed E-state index contributed by atoms with van der Waals surface area (Å²) in [5.41, 5.74) is 1.83. The van der Waals surface area contributed by atoms with Crippen molar-refractivity contribution in [3.8, 4) is 11.3 Å². The molecule has 1 aromatic heterocycles. The highest BCUT2D eigenvalue weighted by Gasteiger charge is 2.34. The highest BCUT2D eigenvalue weighted by atomic mass is 32.2. The smallest absolute Gasteiger partial charge is 0.255 e. The lowest BCUT2D eigenvalue weighted by atomic mass is 9.96. The highest BCUT2D eigenvalue weighted by molar-refractivity contribution is 7.92. The molecule has 1 N–H and O–H groups in total. The number of halogens is 2. The van der Waals surface area contributed by atoms with Crippen molar-refractivity contribution in [3.05, 3.63) is 77.4 Å². The monoisotopic (exact) mass is 506 g/mol. The van der Waals surface area contributed by atoms with Crippen LogP contribution >= 0.6 is 0 Å². The van der Waals surface area contributed by atoms with Crippen LogP contribution < -0.4 is 15.1 Å². The van der Waals surface area contributed by atoms with Crippen molar-refractivity contribution in [3.63, 3.8) is 0 Å². The Bertz CT molecular complexity index is 1610. The Morgan fingerprint density at radius 2 is 1.75 bits per heavy atom. The van der Waals surface area contributed by atoms with Crippen LogP contribution in [0.1, 0.15) is 34.7 Å². The number of amides is 1. The molecule has 1 heterocycles. The molecule has 4 aromatic rings. The normalized spacial score (nSPS) is 13.7. The maximum absolute atomic E-state index is 15.0. The van der Waals surface area contributed by atoms with Crippen LogP contribution in [0, 0.1) is 11.6 Å². The number of benzene rings is 3. The molecule has 1 amide bonds. The molecular weight excluding hydrogens is 485 g/mol. The van der Waals surface area contributed by atoms with Crippen molar-refractivity contribution >= 4 is 51.6 Å². The van der Waals surface area contributed by atoms with Crippen molar-refractivity contribution < 1.29 is 26.4 Å². The summed E-state index contributed by atoms with van der Waals surface area (Å²) in [6.07, 6.45) is 2.63. The summed E-state index contributed by atoms with van der Waals surface area (Å²) >= 11 is 0. The highest BCUT2D eigenvalue weighted by Crippen LogP contribution is 2.49. The molecule has 0 atom stereocenters. The lowest BCUT2D eigenvalue weighted by Gasteiger charge is -2.26. The third-order valence-corrected chi connectivity index (χ3v) is 7.21. The van der Waals surface area contributed by atoms with E-state index < -0.39 is 27.6 Å². The molecule has 3 aromatic carbocycles. The van der Waals surface area contributed by atoms with Crippen LogP contribution in [0.3, 0.4) is 0 Å². The molecule has 2 radical (unpaired) electrons. The van der Waals surface area contributed by atoms with Crippen LogP contribution in [0.15, 0.2) is 59.0 Å². The number of carbonyl (C=O) groups excluding carboxylic acids is 1. The van der Waals surface area contributed by atoms with Crippen LogP contribution in [0.5, 0.6) is 0 Å². The van der Waals surface area contributed by atoms with Gasteiger partial charge in [-0.05, 0) is 66.8 Å². The van der Waals surface area contributed by atoms with E-state index in [0.717, 1.165) is 29.5 Å². The van der Waals surface area contributed by atoms with E-state index in [9.17, 15) is 22.0 Å². The van der Waals surface area contributed by atoms with E-state index >= 15 is 0 Å². The predicted molar refractivity (Wildman–Crippen MR) is 136 cm³/mol. The second-order valence-corrected chi connectivity index (χ2v) is 10.6. The number of sulfonamides is 1. The van der Waals surface area contributed by atoms with Gasteiger partial charge in [-0.15, -0.1) is 0 Å². The van der Waals surface area contributed by atoms with Gasteiger partial charge in [-0.3, -0.25) is 4.79 Å². The fraction of sp³-hybridized carbons (Fsp3) is 0.192. The Kier molecular flexibility index (Phi) is 5.87. The molecule has 0 unspecified atom stereocenters. The van der Waals surface area contributed by atoms with Gasteiger partial charge in [-0.2, -0.15) is 0 Å². The second-order valence-electron chi connectivity index (χ2n) is 8.81. The Morgan fingerprint density at radius 1 is 1.06 bits per heavy atom. The van der Waals surface area contributed by atoms with Crippen LogP contribution in [-0.4, -0.2) is 35.5 Å². The minimum atomic E-state index is -3.99. The molecular formula is C26H21BF2N2O4S. The minimum Gasteiger partial charge on any atom is -0.455 e. The van der Waals surface area contributed by atoms with Crippen LogP contribution in [0.4, 0.5) is 20.2 Å². The van der Waals surface area contributed by atoms with Crippen LogP contribution in [0.25, 0.3) is 22.3 Å². The number of rotatable bonds is 6. The summed E-state index contributed by atoms with van der Waals surface area (Å²) in [5, 5.41) is 3.08. The zero-order chi connectivity index (χ0) is 25.8. The van der Waals surface area contributed by atoms with Gasteiger partial charge in [0.05, 0.1) is 23.2 Å². The van der Waals surface area contributed by atoms with E-state index in [0.29, 0.717) is 16.5 Å². The molecule has 0 bridgehead atoms. The van der Waals surface area contributed by atoms with Crippen molar-refractivity contribution in [2.24, 2.45) is 0 Å². The summed E-state index contributed by atoms with van der Waals surface area (Å²) < 4.78 is 61.5. The van der Waals surface area contributed by atoms with Gasteiger partial charge in [0.1, 0.15) is 30.8 Å². The number of furan rings is 1. The number of fused-ring (bicyclic) bond motifs is 1. The second kappa shape index (κ2) is 8.78. The predicted octanol–water partition coefficient (Wildman–Crippen LogP) is 4.51. The Labute approximate surface area is 208 Å². The Balaban J connectivity index is 1.81. The van der Waals surface area contributed by atoms with E-state index in [2.05, 4.69) is 5.32 Å². The van der Waals surface area contributed by atoms with Gasteiger partial charge in [0.2, 0.25) is 10.0 Å². The van der Waals surface area contributed by atoms with Gasteiger partial charge in [0, 0.05) is 24.1 Å². The van der Waals surface area contributed by atoms with Crippen LogP contribution in [0.2, 0.25) is 0 Å². The SMILES string of the molecule is [B]c1ccc(N(c2cc3oc(-c4ccc(F)cc4)c(C(=O)NC)c3cc2C2CC2)S(C)(=O)=O)c(F)c1. The molecule has 0 saturated heterocycles. The number of hydrogen-bond acceptors (Lipinski definition) is 4. The van der Waals surface area contributed by atoms with Crippen molar-refractivity contribution in [2.45, 2.75) is 18.8 Å². The molecule has 1 saturated carbocycles. The molecule has 5 rings (SSSR count). The van der Waals surface area contributed by atoms with Gasteiger partial charge in [-0.25, -0.2) is 21.5 Å². The fourth-order valence-electron chi connectivity index (χ4n) is 4.38. The molecule has 0 aliphatic heterocycles. The van der Waals surface area contributed by atoms with E-state index in [4.69, 9.17) is 12.3 Å². The van der Waals surface area contributed by atoms with Gasteiger partial charge in [-0.1, -0.05) is 11.5 Å². The first kappa shape index (κ1) is 24.1. The first-order valence-corrected chi connectivity index (χ1v) is 13.1. The summed E-state index contributed by atoms with van der Waals surface area (Å²) in [4.78, 5) is 12.9. The average molecular weight is 506 g/mol. The minimum absolute atomic E-state index is 0.0344. The summed E-state index contributed by atoms with van der Waals surface area (Å²) in [6, 6.07) is 12.6.